The van der Waals surface area contributed by atoms with E-state index < -0.39 is 11.7 Å². The average Bonchev–Trinajstić information content (AvgIpc) is 2.90. The van der Waals surface area contributed by atoms with E-state index in [1.807, 2.05) is 0 Å². The Morgan fingerprint density at radius 1 is 1.27 bits per heavy atom. The largest absolute Gasteiger partial charge is 0.489 e. The monoisotopic (exact) mass is 236 g/mol. The smallest absolute Gasteiger partial charge is 0.417 e. The lowest BCUT2D eigenvalue weighted by Crippen LogP contribution is -2.07. The summed E-state index contributed by atoms with van der Waals surface area (Å²) in [6, 6.07) is 3.70. The van der Waals surface area contributed by atoms with Crippen LogP contribution < -0.4 is 4.74 Å². The molecule has 1 aromatic rings. The van der Waals surface area contributed by atoms with Crippen LogP contribution in [0.5, 0.6) is 5.75 Å². The van der Waals surface area contributed by atoms with Gasteiger partial charge in [-0.3, -0.25) is 0 Å². The number of hydrogen-bond donors (Lipinski definition) is 0. The van der Waals surface area contributed by atoms with Crippen LogP contribution >= 0.6 is 11.6 Å². The Morgan fingerprint density at radius 2 is 1.93 bits per heavy atom. The Bertz CT molecular complexity index is 371. The molecule has 1 fully saturated rings. The van der Waals surface area contributed by atoms with Crippen LogP contribution in [-0.2, 0) is 6.18 Å². The molecular weight excluding hydrogens is 229 g/mol. The fourth-order valence-corrected chi connectivity index (χ4v) is 1.46. The zero-order valence-electron chi connectivity index (χ0n) is 7.64. The van der Waals surface area contributed by atoms with Gasteiger partial charge in [-0.25, -0.2) is 0 Å². The van der Waals surface area contributed by atoms with Gasteiger partial charge in [0.1, 0.15) is 5.75 Å². The number of benzene rings is 1. The maximum atomic E-state index is 12.4. The molecule has 0 N–H and O–H groups in total. The van der Waals surface area contributed by atoms with Gasteiger partial charge in [0.05, 0.1) is 16.7 Å². The first kappa shape index (κ1) is 10.6. The second-order valence-electron chi connectivity index (χ2n) is 3.43. The third-order valence-corrected chi connectivity index (χ3v) is 2.48. The van der Waals surface area contributed by atoms with E-state index in [1.165, 1.54) is 12.1 Å². The fourth-order valence-electron chi connectivity index (χ4n) is 1.19. The molecule has 0 aliphatic heterocycles. The average molecular weight is 237 g/mol. The van der Waals surface area contributed by atoms with Crippen LogP contribution in [0.1, 0.15) is 18.4 Å². The summed E-state index contributed by atoms with van der Waals surface area (Å²) in [4.78, 5) is 0. The van der Waals surface area contributed by atoms with Crippen LogP contribution in [0, 0.1) is 0 Å². The minimum atomic E-state index is -4.43. The molecule has 0 saturated heterocycles. The highest BCUT2D eigenvalue weighted by Crippen LogP contribution is 2.40. The number of hydrogen-bond acceptors (Lipinski definition) is 1. The lowest BCUT2D eigenvalue weighted by molar-refractivity contribution is -0.137. The van der Waals surface area contributed by atoms with Gasteiger partial charge in [0.25, 0.3) is 0 Å². The quantitative estimate of drug-likeness (QED) is 0.757. The third-order valence-electron chi connectivity index (χ3n) is 2.09. The van der Waals surface area contributed by atoms with Crippen molar-refractivity contribution in [3.63, 3.8) is 0 Å². The predicted molar refractivity (Wildman–Crippen MR) is 50.1 cm³/mol. The van der Waals surface area contributed by atoms with Crippen molar-refractivity contribution in [3.05, 3.63) is 28.8 Å². The van der Waals surface area contributed by atoms with Crippen LogP contribution in [0.15, 0.2) is 18.2 Å². The van der Waals surface area contributed by atoms with Crippen molar-refractivity contribution in [3.8, 4) is 5.75 Å². The molecule has 15 heavy (non-hydrogen) atoms. The van der Waals surface area contributed by atoms with Gasteiger partial charge in [0, 0.05) is 0 Å². The van der Waals surface area contributed by atoms with Crippen molar-refractivity contribution < 1.29 is 17.9 Å². The molecule has 5 heteroatoms. The molecular formula is C10H8ClF3O. The summed E-state index contributed by atoms with van der Waals surface area (Å²) in [7, 11) is 0. The van der Waals surface area contributed by atoms with Gasteiger partial charge in [0.2, 0.25) is 0 Å². The molecule has 0 spiro atoms. The Labute approximate surface area is 89.8 Å². The van der Waals surface area contributed by atoms with E-state index in [0.717, 1.165) is 18.9 Å². The summed E-state index contributed by atoms with van der Waals surface area (Å²) in [5.74, 6) is 0.119. The summed E-state index contributed by atoms with van der Waals surface area (Å²) in [6.07, 6.45) is -2.63. The van der Waals surface area contributed by atoms with Gasteiger partial charge in [-0.1, -0.05) is 17.7 Å². The molecule has 1 nitrogen and oxygen atoms in total. The van der Waals surface area contributed by atoms with Crippen LogP contribution in [-0.4, -0.2) is 6.10 Å². The topological polar surface area (TPSA) is 9.23 Å². The Kier molecular flexibility index (Phi) is 2.54. The van der Waals surface area contributed by atoms with Gasteiger partial charge in [-0.2, -0.15) is 13.2 Å². The lowest BCUT2D eigenvalue weighted by Gasteiger charge is -2.12. The Balaban J connectivity index is 2.31. The Morgan fingerprint density at radius 3 is 2.47 bits per heavy atom. The molecule has 0 bridgehead atoms. The highest BCUT2D eigenvalue weighted by atomic mass is 35.5. The number of halogens is 4. The van der Waals surface area contributed by atoms with Gasteiger partial charge in [0.15, 0.2) is 0 Å². The van der Waals surface area contributed by atoms with E-state index in [9.17, 15) is 13.2 Å². The summed E-state index contributed by atoms with van der Waals surface area (Å²) in [5.41, 5.74) is -0.845. The third kappa shape index (κ3) is 2.37. The number of ether oxygens (including phenoxy) is 1. The highest BCUT2D eigenvalue weighted by molar-refractivity contribution is 6.32. The fraction of sp³-hybridized carbons (Fsp3) is 0.400. The minimum absolute atomic E-state index is 0.0333. The van der Waals surface area contributed by atoms with Gasteiger partial charge in [-0.15, -0.1) is 0 Å². The Hall–Kier alpha value is -0.900. The van der Waals surface area contributed by atoms with Crippen LogP contribution in [0.25, 0.3) is 0 Å². The van der Waals surface area contributed by atoms with Crippen LogP contribution in [0.4, 0.5) is 13.2 Å². The first-order valence-corrected chi connectivity index (χ1v) is 4.88. The van der Waals surface area contributed by atoms with Crippen molar-refractivity contribution in [2.45, 2.75) is 25.1 Å². The van der Waals surface area contributed by atoms with Crippen molar-refractivity contribution >= 4 is 11.6 Å². The lowest BCUT2D eigenvalue weighted by atomic mass is 10.2. The zero-order valence-corrected chi connectivity index (χ0v) is 8.40. The minimum Gasteiger partial charge on any atom is -0.489 e. The molecule has 0 atom stereocenters. The first-order chi connectivity index (χ1) is 6.98. The zero-order chi connectivity index (χ0) is 11.1. The van der Waals surface area contributed by atoms with E-state index in [1.54, 1.807) is 0 Å². The van der Waals surface area contributed by atoms with Crippen molar-refractivity contribution in [2.24, 2.45) is 0 Å². The molecule has 0 unspecified atom stereocenters. The second-order valence-corrected chi connectivity index (χ2v) is 3.81. The SMILES string of the molecule is FC(F)(F)c1cccc(OC2CC2)c1Cl. The maximum absolute atomic E-state index is 12.4. The van der Waals surface area contributed by atoms with E-state index in [-0.39, 0.29) is 16.9 Å². The summed E-state index contributed by atoms with van der Waals surface area (Å²) >= 11 is 5.62. The molecule has 1 aliphatic rings. The number of rotatable bonds is 2. The van der Waals surface area contributed by atoms with E-state index in [2.05, 4.69) is 0 Å². The molecule has 1 aliphatic carbocycles. The second kappa shape index (κ2) is 3.59. The first-order valence-electron chi connectivity index (χ1n) is 4.51. The van der Waals surface area contributed by atoms with Crippen molar-refractivity contribution in [1.29, 1.82) is 0 Å². The van der Waals surface area contributed by atoms with E-state index in [0.29, 0.717) is 0 Å². The van der Waals surface area contributed by atoms with E-state index in [4.69, 9.17) is 16.3 Å². The van der Waals surface area contributed by atoms with E-state index >= 15 is 0 Å². The summed E-state index contributed by atoms with van der Waals surface area (Å²) < 4.78 is 42.6. The molecule has 0 aromatic heterocycles. The van der Waals surface area contributed by atoms with Crippen molar-refractivity contribution in [2.75, 3.05) is 0 Å². The molecule has 2 rings (SSSR count). The van der Waals surface area contributed by atoms with Crippen LogP contribution in [0.2, 0.25) is 5.02 Å². The van der Waals surface area contributed by atoms with Gasteiger partial charge in [-0.05, 0) is 25.0 Å². The molecule has 82 valence electrons. The van der Waals surface area contributed by atoms with Gasteiger partial charge < -0.3 is 4.74 Å². The maximum Gasteiger partial charge on any atom is 0.417 e. The van der Waals surface area contributed by atoms with Crippen molar-refractivity contribution in [1.82, 2.24) is 0 Å². The van der Waals surface area contributed by atoms with Gasteiger partial charge >= 0.3 is 6.18 Å². The molecule has 0 radical (unpaired) electrons. The molecule has 1 aromatic carbocycles. The molecule has 0 heterocycles. The molecule has 0 amide bonds. The normalized spacial score (nSPS) is 16.5. The molecule has 1 saturated carbocycles. The van der Waals surface area contributed by atoms with Crippen LogP contribution in [0.3, 0.4) is 0 Å². The highest BCUT2D eigenvalue weighted by Gasteiger charge is 2.35. The summed E-state index contributed by atoms with van der Waals surface area (Å²) in [6.45, 7) is 0. The number of alkyl halides is 3. The standard InChI is InChI=1S/C10H8ClF3O/c11-9-7(10(12,13)14)2-1-3-8(9)15-6-4-5-6/h1-3,6H,4-5H2. The predicted octanol–water partition coefficient (Wildman–Crippen LogP) is 3.90. The summed E-state index contributed by atoms with van der Waals surface area (Å²) in [5, 5.41) is -0.350.